The van der Waals surface area contributed by atoms with Gasteiger partial charge < -0.3 is 34.4 Å². The van der Waals surface area contributed by atoms with Crippen LogP contribution in [0.4, 0.5) is 5.69 Å². The van der Waals surface area contributed by atoms with Crippen LogP contribution in [0.3, 0.4) is 0 Å². The molecule has 0 amide bonds. The van der Waals surface area contributed by atoms with Gasteiger partial charge in [-0.3, -0.25) is 14.5 Å². The molecule has 50 heavy (non-hydrogen) atoms. The largest absolute Gasteiger partial charge is 0.507 e. The number of hydrogen-bond acceptors (Lipinski definition) is 11. The highest BCUT2D eigenvalue weighted by Gasteiger charge is 2.65. The van der Waals surface area contributed by atoms with E-state index in [1.165, 1.54) is 0 Å². The van der Waals surface area contributed by atoms with E-state index in [1.54, 1.807) is 0 Å². The summed E-state index contributed by atoms with van der Waals surface area (Å²) in [7, 11) is 9.39. The Morgan fingerprint density at radius 1 is 0.940 bits per heavy atom. The number of nitrogens with one attached hydrogen (secondary N) is 1. The van der Waals surface area contributed by atoms with Crippen LogP contribution in [0.25, 0.3) is 5.76 Å². The van der Waals surface area contributed by atoms with Crippen LogP contribution in [-0.2, 0) is 31.0 Å². The summed E-state index contributed by atoms with van der Waals surface area (Å²) in [6.07, 6.45) is 0.627. The molecule has 260 valence electrons. The predicted octanol–water partition coefficient (Wildman–Crippen LogP) is 4.88. The van der Waals surface area contributed by atoms with Crippen molar-refractivity contribution >= 4 is 23.0 Å². The molecule has 1 unspecified atom stereocenters. The topological polar surface area (TPSA) is 138 Å². The first-order chi connectivity index (χ1) is 24.1. The fourth-order valence-corrected chi connectivity index (χ4v) is 8.09. The van der Waals surface area contributed by atoms with Crippen LogP contribution in [-0.4, -0.2) is 72.7 Å². The molecule has 0 radical (unpaired) electrons. The Balaban J connectivity index is 1.34. The van der Waals surface area contributed by atoms with Gasteiger partial charge >= 0.3 is 0 Å². The van der Waals surface area contributed by atoms with Gasteiger partial charge in [0.1, 0.15) is 30.3 Å². The number of aromatic nitrogens is 1. The van der Waals surface area contributed by atoms with E-state index < -0.39 is 35.0 Å². The maximum Gasteiger partial charge on any atom is 0.265 e. The highest BCUT2D eigenvalue weighted by Crippen LogP contribution is 2.57. The third-order valence-electron chi connectivity index (χ3n) is 10.2. The highest BCUT2D eigenvalue weighted by atomic mass is 16.5. The standard InChI is InChI=1S/C39H42N4O7/c1-40-19-25-18-28(48-20-22-12-8-6-9-13-22)30-26(32(25)42(2)3)16-24-17-27-33(43(4)5)35-31(37(46)39(27,47)36(45)29(24)34(30)44)38(41-50-35)49-21-23-14-10-7-11-15-23/h6-15,18,24,27,33,40,44,47H,16-17,19-21H2,1-5H3/t24?,27-,33-,39-/m0/s1. The number of hydrogen-bond donors (Lipinski definition) is 3. The molecule has 1 fully saturated rings. The lowest BCUT2D eigenvalue weighted by Gasteiger charge is -2.49. The summed E-state index contributed by atoms with van der Waals surface area (Å²) in [4.78, 5) is 33.0. The highest BCUT2D eigenvalue weighted by molar-refractivity contribution is 6.26. The third-order valence-corrected chi connectivity index (χ3v) is 10.2. The Hall–Kier alpha value is -4.97. The van der Waals surface area contributed by atoms with Gasteiger partial charge in [0.2, 0.25) is 11.6 Å². The zero-order valence-corrected chi connectivity index (χ0v) is 28.9. The lowest BCUT2D eigenvalue weighted by Crippen LogP contribution is -2.63. The van der Waals surface area contributed by atoms with Crippen LogP contribution in [0.5, 0.6) is 11.6 Å². The number of aliphatic hydroxyl groups is 2. The summed E-state index contributed by atoms with van der Waals surface area (Å²) < 4.78 is 18.1. The lowest BCUT2D eigenvalue weighted by atomic mass is 9.57. The van der Waals surface area contributed by atoms with Crippen LogP contribution in [0.1, 0.15) is 56.4 Å². The van der Waals surface area contributed by atoms with E-state index in [0.29, 0.717) is 24.3 Å². The molecule has 4 atom stereocenters. The summed E-state index contributed by atoms with van der Waals surface area (Å²) in [5.74, 6) is -2.71. The summed E-state index contributed by atoms with van der Waals surface area (Å²) in [6, 6.07) is 20.3. The molecule has 7 rings (SSSR count). The Kier molecular flexibility index (Phi) is 8.75. The second-order valence-electron chi connectivity index (χ2n) is 13.8. The number of carbonyl (C=O) groups excluding carboxylic acids is 2. The number of Topliss-reactive ketones (excluding diaryl/α,β-unsaturated/α-hetero) is 2. The first-order valence-corrected chi connectivity index (χ1v) is 16.8. The number of nitrogens with zero attached hydrogens (tertiary/aromatic N) is 3. The Morgan fingerprint density at radius 2 is 1.58 bits per heavy atom. The number of ether oxygens (including phenoxy) is 2. The van der Waals surface area contributed by atoms with E-state index in [9.17, 15) is 19.8 Å². The Morgan fingerprint density at radius 3 is 2.18 bits per heavy atom. The van der Waals surface area contributed by atoms with Crippen molar-refractivity contribution in [3.63, 3.8) is 0 Å². The summed E-state index contributed by atoms with van der Waals surface area (Å²) in [5, 5.41) is 32.0. The smallest absolute Gasteiger partial charge is 0.265 e. The predicted molar refractivity (Wildman–Crippen MR) is 187 cm³/mol. The van der Waals surface area contributed by atoms with Crippen molar-refractivity contribution in [3.05, 3.63) is 111 Å². The van der Waals surface area contributed by atoms with Gasteiger partial charge in [-0.25, -0.2) is 0 Å². The molecule has 0 aliphatic heterocycles. The SMILES string of the molecule is CNCc1cc(OCc2ccccc2)c2c(c1N(C)C)CC1C[C@H]3[C@H](N(C)C)c4onc(OCc5ccccc5)c4C(=O)[C@@]3(O)C(=O)C1=C2O. The van der Waals surface area contributed by atoms with Gasteiger partial charge in [0, 0.05) is 37.8 Å². The normalized spacial score (nSPS) is 22.5. The molecule has 3 aliphatic carbocycles. The summed E-state index contributed by atoms with van der Waals surface area (Å²) in [6.45, 7) is 0.895. The maximum absolute atomic E-state index is 14.8. The van der Waals surface area contributed by atoms with Crippen LogP contribution >= 0.6 is 0 Å². The van der Waals surface area contributed by atoms with Crippen LogP contribution < -0.4 is 19.7 Å². The first kappa shape index (κ1) is 33.5. The molecular formula is C39H42N4O7. The van der Waals surface area contributed by atoms with E-state index in [-0.39, 0.29) is 48.2 Å². The molecule has 0 spiro atoms. The number of benzene rings is 3. The Bertz CT molecular complexity index is 1970. The number of carbonyl (C=O) groups is 2. The van der Waals surface area contributed by atoms with Crippen molar-refractivity contribution in [2.45, 2.75) is 44.2 Å². The Labute approximate surface area is 291 Å². The van der Waals surface area contributed by atoms with Crippen molar-refractivity contribution in [1.82, 2.24) is 15.4 Å². The summed E-state index contributed by atoms with van der Waals surface area (Å²) >= 11 is 0. The zero-order chi connectivity index (χ0) is 35.3. The van der Waals surface area contributed by atoms with E-state index in [2.05, 4.69) is 10.5 Å². The molecule has 1 saturated carbocycles. The minimum absolute atomic E-state index is 0.0318. The van der Waals surface area contributed by atoms with Gasteiger partial charge in [-0.1, -0.05) is 60.7 Å². The van der Waals surface area contributed by atoms with E-state index >= 15 is 0 Å². The molecule has 11 heteroatoms. The average Bonchev–Trinajstić information content (AvgIpc) is 3.52. The van der Waals surface area contributed by atoms with Crippen molar-refractivity contribution in [1.29, 1.82) is 0 Å². The minimum atomic E-state index is -2.49. The molecule has 3 N–H and O–H groups in total. The van der Waals surface area contributed by atoms with Crippen LogP contribution in [0, 0.1) is 11.8 Å². The van der Waals surface area contributed by atoms with Crippen molar-refractivity contribution in [2.24, 2.45) is 11.8 Å². The van der Waals surface area contributed by atoms with Gasteiger partial charge in [-0.15, -0.1) is 0 Å². The van der Waals surface area contributed by atoms with Gasteiger partial charge in [0.15, 0.2) is 11.4 Å². The lowest BCUT2D eigenvalue weighted by molar-refractivity contribution is -0.142. The molecule has 11 nitrogen and oxygen atoms in total. The van der Waals surface area contributed by atoms with E-state index in [1.807, 2.05) is 112 Å². The number of anilines is 1. The fourth-order valence-electron chi connectivity index (χ4n) is 8.09. The quantitative estimate of drug-likeness (QED) is 0.198. The van der Waals surface area contributed by atoms with E-state index in [4.69, 9.17) is 14.0 Å². The monoisotopic (exact) mass is 678 g/mol. The number of ketones is 2. The number of aliphatic hydroxyl groups excluding tert-OH is 1. The van der Waals surface area contributed by atoms with Crippen molar-refractivity contribution in [3.8, 4) is 11.6 Å². The van der Waals surface area contributed by atoms with Gasteiger partial charge in [-0.2, -0.15) is 0 Å². The average molecular weight is 679 g/mol. The van der Waals surface area contributed by atoms with Crippen LogP contribution in [0.15, 0.2) is 76.8 Å². The molecule has 1 heterocycles. The fraction of sp³-hybridized carbons (Fsp3) is 0.359. The van der Waals surface area contributed by atoms with E-state index in [0.717, 1.165) is 27.9 Å². The second-order valence-corrected chi connectivity index (χ2v) is 13.8. The van der Waals surface area contributed by atoms with Crippen LogP contribution in [0.2, 0.25) is 0 Å². The maximum atomic E-state index is 14.8. The molecule has 1 aromatic heterocycles. The molecule has 3 aromatic carbocycles. The zero-order valence-electron chi connectivity index (χ0n) is 28.9. The molecule has 0 saturated heterocycles. The van der Waals surface area contributed by atoms with Gasteiger partial charge in [0.25, 0.3) is 5.88 Å². The van der Waals surface area contributed by atoms with Gasteiger partial charge in [0.05, 0.1) is 11.6 Å². The molecule has 0 bridgehead atoms. The number of fused-ring (bicyclic) bond motifs is 4. The van der Waals surface area contributed by atoms with Gasteiger partial charge in [-0.05, 0) is 73.4 Å². The second kappa shape index (κ2) is 13.1. The third kappa shape index (κ3) is 5.37. The molecular weight excluding hydrogens is 636 g/mol. The van der Waals surface area contributed by atoms with Crippen molar-refractivity contribution in [2.75, 3.05) is 40.1 Å². The number of rotatable bonds is 10. The molecule has 4 aromatic rings. The minimum Gasteiger partial charge on any atom is -0.507 e. The van der Waals surface area contributed by atoms with Crippen molar-refractivity contribution < 1.29 is 33.8 Å². The molecule has 3 aliphatic rings. The first-order valence-electron chi connectivity index (χ1n) is 16.8. The summed E-state index contributed by atoms with van der Waals surface area (Å²) in [5.41, 5.74) is 2.41.